The summed E-state index contributed by atoms with van der Waals surface area (Å²) in [6, 6.07) is 14.6. The number of hydrogen-bond donors (Lipinski definition) is 0. The quantitative estimate of drug-likeness (QED) is 0.466. The third-order valence-corrected chi connectivity index (χ3v) is 2.92. The van der Waals surface area contributed by atoms with E-state index in [1.165, 1.54) is 6.08 Å². The zero-order valence-electron chi connectivity index (χ0n) is 12.7. The maximum Gasteiger partial charge on any atom is 0.348 e. The molecular weight excluding hydrogens is 292 g/mol. The number of rotatable bonds is 6. The van der Waals surface area contributed by atoms with Gasteiger partial charge in [0.1, 0.15) is 24.0 Å². The van der Waals surface area contributed by atoms with Gasteiger partial charge in [0.05, 0.1) is 12.3 Å². The minimum atomic E-state index is -0.620. The molecule has 0 radical (unpaired) electrons. The van der Waals surface area contributed by atoms with E-state index in [-0.39, 0.29) is 12.2 Å². The zero-order valence-corrected chi connectivity index (χ0v) is 12.7. The van der Waals surface area contributed by atoms with Crippen LogP contribution in [0.2, 0.25) is 0 Å². The average Bonchev–Trinajstić information content (AvgIpc) is 2.60. The monoisotopic (exact) mass is 308 g/mol. The summed E-state index contributed by atoms with van der Waals surface area (Å²) >= 11 is 0. The molecule has 0 atom stereocenters. The third-order valence-electron chi connectivity index (χ3n) is 2.92. The summed E-state index contributed by atoms with van der Waals surface area (Å²) in [5.74, 6) is 0.0629. The minimum Gasteiger partial charge on any atom is -0.487 e. The van der Waals surface area contributed by atoms with Crippen molar-refractivity contribution in [1.82, 2.24) is 4.98 Å². The van der Waals surface area contributed by atoms with Gasteiger partial charge in [-0.25, -0.2) is 4.79 Å². The number of benzene rings is 1. The van der Waals surface area contributed by atoms with Crippen molar-refractivity contribution in [2.75, 3.05) is 6.61 Å². The molecule has 0 unspecified atom stereocenters. The van der Waals surface area contributed by atoms with Crippen molar-refractivity contribution in [2.24, 2.45) is 0 Å². The fraction of sp³-hybridized carbons (Fsp3) is 0.167. The van der Waals surface area contributed by atoms with Crippen molar-refractivity contribution in [2.45, 2.75) is 13.5 Å². The smallest absolute Gasteiger partial charge is 0.348 e. The van der Waals surface area contributed by atoms with E-state index in [1.807, 2.05) is 24.3 Å². The summed E-state index contributed by atoms with van der Waals surface area (Å²) in [4.78, 5) is 15.7. The molecule has 0 fully saturated rings. The molecule has 1 heterocycles. The summed E-state index contributed by atoms with van der Waals surface area (Å²) in [6.07, 6.45) is 3.20. The fourth-order valence-electron chi connectivity index (χ4n) is 1.81. The second-order valence-corrected chi connectivity index (χ2v) is 4.57. The Morgan fingerprint density at radius 2 is 2.04 bits per heavy atom. The van der Waals surface area contributed by atoms with Crippen LogP contribution in [0, 0.1) is 11.3 Å². The Kier molecular flexibility index (Phi) is 5.89. The predicted molar refractivity (Wildman–Crippen MR) is 85.2 cm³/mol. The Hall–Kier alpha value is -3.13. The summed E-state index contributed by atoms with van der Waals surface area (Å²) in [5.41, 5.74) is 1.53. The van der Waals surface area contributed by atoms with Crippen LogP contribution in [-0.2, 0) is 16.1 Å². The molecule has 1 aromatic carbocycles. The van der Waals surface area contributed by atoms with Gasteiger partial charge in [0, 0.05) is 6.20 Å². The number of esters is 1. The van der Waals surface area contributed by atoms with Crippen molar-refractivity contribution in [3.8, 4) is 11.8 Å². The molecule has 5 heteroatoms. The van der Waals surface area contributed by atoms with E-state index in [0.717, 1.165) is 11.3 Å². The second-order valence-electron chi connectivity index (χ2n) is 4.57. The van der Waals surface area contributed by atoms with Gasteiger partial charge in [0.15, 0.2) is 0 Å². The van der Waals surface area contributed by atoms with Crippen molar-refractivity contribution in [1.29, 1.82) is 5.26 Å². The van der Waals surface area contributed by atoms with E-state index in [9.17, 15) is 4.79 Å². The molecule has 0 aliphatic heterocycles. The first kappa shape index (κ1) is 16.2. The maximum atomic E-state index is 11.6. The molecule has 0 saturated heterocycles. The lowest BCUT2D eigenvalue weighted by Crippen LogP contribution is -2.05. The molecule has 0 spiro atoms. The van der Waals surface area contributed by atoms with Gasteiger partial charge in [-0.2, -0.15) is 5.26 Å². The van der Waals surface area contributed by atoms with E-state index in [0.29, 0.717) is 12.4 Å². The molecule has 2 rings (SSSR count). The number of carbonyl (C=O) groups is 1. The van der Waals surface area contributed by atoms with E-state index >= 15 is 0 Å². The lowest BCUT2D eigenvalue weighted by molar-refractivity contribution is -0.137. The molecule has 5 nitrogen and oxygen atoms in total. The number of hydrogen-bond acceptors (Lipinski definition) is 5. The first-order chi connectivity index (χ1) is 11.2. The topological polar surface area (TPSA) is 72.2 Å². The molecule has 2 aromatic rings. The van der Waals surface area contributed by atoms with E-state index < -0.39 is 5.97 Å². The molecule has 1 aromatic heterocycles. The molecule has 116 valence electrons. The van der Waals surface area contributed by atoms with Crippen molar-refractivity contribution in [3.05, 3.63) is 65.5 Å². The molecule has 0 N–H and O–H groups in total. The second kappa shape index (κ2) is 8.35. The molecule has 0 amide bonds. The van der Waals surface area contributed by atoms with Crippen LogP contribution in [0.25, 0.3) is 6.08 Å². The Balaban J connectivity index is 2.01. The van der Waals surface area contributed by atoms with Gasteiger partial charge in [0.25, 0.3) is 0 Å². The summed E-state index contributed by atoms with van der Waals surface area (Å²) in [5, 5.41) is 9.00. The third kappa shape index (κ3) is 4.97. The average molecular weight is 308 g/mol. The van der Waals surface area contributed by atoms with Gasteiger partial charge in [0.2, 0.25) is 0 Å². The van der Waals surface area contributed by atoms with Crippen molar-refractivity contribution < 1.29 is 14.3 Å². The minimum absolute atomic E-state index is 0.0333. The van der Waals surface area contributed by atoms with Gasteiger partial charge >= 0.3 is 5.97 Å². The van der Waals surface area contributed by atoms with E-state index in [4.69, 9.17) is 14.7 Å². The SMILES string of the molecule is CCOC(=O)/C(C#N)=C\c1ccc(OCc2ccccn2)cc1. The number of nitrogens with zero attached hydrogens (tertiary/aromatic N) is 2. The van der Waals surface area contributed by atoms with Crippen LogP contribution in [0.4, 0.5) is 0 Å². The van der Waals surface area contributed by atoms with Crippen LogP contribution in [0.15, 0.2) is 54.2 Å². The normalized spacial score (nSPS) is 10.7. The standard InChI is InChI=1S/C18H16N2O3/c1-2-22-18(21)15(12-19)11-14-6-8-17(9-7-14)23-13-16-5-3-4-10-20-16/h3-11H,2,13H2,1H3/b15-11-. The van der Waals surface area contributed by atoms with Crippen LogP contribution in [0.5, 0.6) is 5.75 Å². The highest BCUT2D eigenvalue weighted by atomic mass is 16.5. The molecule has 0 aliphatic carbocycles. The highest BCUT2D eigenvalue weighted by Crippen LogP contribution is 2.16. The van der Waals surface area contributed by atoms with Crippen molar-refractivity contribution >= 4 is 12.0 Å². The van der Waals surface area contributed by atoms with Crippen LogP contribution in [0.3, 0.4) is 0 Å². The fourth-order valence-corrected chi connectivity index (χ4v) is 1.81. The lowest BCUT2D eigenvalue weighted by Gasteiger charge is -2.06. The maximum absolute atomic E-state index is 11.6. The number of nitriles is 1. The van der Waals surface area contributed by atoms with Crippen LogP contribution in [0.1, 0.15) is 18.2 Å². The first-order valence-electron chi connectivity index (χ1n) is 7.14. The molecule has 23 heavy (non-hydrogen) atoms. The van der Waals surface area contributed by atoms with Crippen molar-refractivity contribution in [3.63, 3.8) is 0 Å². The molecule has 0 aliphatic rings. The first-order valence-corrected chi connectivity index (χ1v) is 7.14. The van der Waals surface area contributed by atoms with Crippen LogP contribution >= 0.6 is 0 Å². The zero-order chi connectivity index (χ0) is 16.5. The predicted octanol–water partition coefficient (Wildman–Crippen LogP) is 3.13. The summed E-state index contributed by atoms with van der Waals surface area (Å²) in [7, 11) is 0. The van der Waals surface area contributed by atoms with Gasteiger partial charge < -0.3 is 9.47 Å². The Morgan fingerprint density at radius 1 is 1.26 bits per heavy atom. The van der Waals surface area contributed by atoms with Crippen LogP contribution < -0.4 is 4.74 Å². The summed E-state index contributed by atoms with van der Waals surface area (Å²) in [6.45, 7) is 2.31. The van der Waals surface area contributed by atoms with Crippen LogP contribution in [-0.4, -0.2) is 17.6 Å². The van der Waals surface area contributed by atoms with E-state index in [1.54, 1.807) is 37.4 Å². The van der Waals surface area contributed by atoms with Gasteiger partial charge in [-0.3, -0.25) is 4.98 Å². The lowest BCUT2D eigenvalue weighted by atomic mass is 10.1. The highest BCUT2D eigenvalue weighted by molar-refractivity contribution is 5.97. The van der Waals surface area contributed by atoms with E-state index in [2.05, 4.69) is 4.98 Å². The Labute approximate surface area is 134 Å². The number of pyridine rings is 1. The van der Waals surface area contributed by atoms with Gasteiger partial charge in [-0.05, 0) is 42.8 Å². The Morgan fingerprint density at radius 3 is 2.65 bits per heavy atom. The number of carbonyl (C=O) groups excluding carboxylic acids is 1. The molecule has 0 bridgehead atoms. The molecule has 0 saturated carbocycles. The number of aromatic nitrogens is 1. The molecular formula is C18H16N2O3. The Bertz CT molecular complexity index is 716. The summed E-state index contributed by atoms with van der Waals surface area (Å²) < 4.78 is 10.4. The largest absolute Gasteiger partial charge is 0.487 e. The van der Waals surface area contributed by atoms with Gasteiger partial charge in [-0.1, -0.05) is 18.2 Å². The number of ether oxygens (including phenoxy) is 2. The van der Waals surface area contributed by atoms with Gasteiger partial charge in [-0.15, -0.1) is 0 Å². The highest BCUT2D eigenvalue weighted by Gasteiger charge is 2.09.